The normalized spacial score (nSPS) is 10.1. The van der Waals surface area contributed by atoms with Gasteiger partial charge in [-0.15, -0.1) is 0 Å². The maximum absolute atomic E-state index is 12.3. The van der Waals surface area contributed by atoms with Gasteiger partial charge in [0, 0.05) is 12.1 Å². The summed E-state index contributed by atoms with van der Waals surface area (Å²) in [4.78, 5) is 22.2. The number of aromatic nitrogens is 1. The number of phenolic OH excluding ortho intramolecular Hbond substituents is 2. The number of carbonyl (C=O) groups is 1. The van der Waals surface area contributed by atoms with Gasteiger partial charge in [0.2, 0.25) is 11.5 Å². The predicted octanol–water partition coefficient (Wildman–Crippen LogP) is 1.41. The Balaban J connectivity index is 2.78. The summed E-state index contributed by atoms with van der Waals surface area (Å²) in [6, 6.07) is 3.56. The number of nitriles is 1. The zero-order valence-electron chi connectivity index (χ0n) is 10.5. The van der Waals surface area contributed by atoms with E-state index in [1.54, 1.807) is 6.07 Å². The first-order valence-corrected chi connectivity index (χ1v) is 5.48. The van der Waals surface area contributed by atoms with Crippen LogP contribution in [0.15, 0.2) is 16.7 Å². The van der Waals surface area contributed by atoms with Crippen LogP contribution in [0.25, 0.3) is 0 Å². The van der Waals surface area contributed by atoms with Crippen LogP contribution in [0.4, 0.5) is 5.69 Å². The number of hydrogen-bond acceptors (Lipinski definition) is 8. The van der Waals surface area contributed by atoms with Gasteiger partial charge in [-0.3, -0.25) is 14.9 Å². The summed E-state index contributed by atoms with van der Waals surface area (Å²) in [6.07, 6.45) is 0. The lowest BCUT2D eigenvalue weighted by atomic mass is 9.98. The highest BCUT2D eigenvalue weighted by atomic mass is 16.6. The summed E-state index contributed by atoms with van der Waals surface area (Å²) in [5, 5.41) is 42.4. The number of nitro benzene ring substituents is 1. The van der Waals surface area contributed by atoms with E-state index in [0.717, 1.165) is 6.07 Å². The molecule has 2 aromatic rings. The van der Waals surface area contributed by atoms with E-state index in [1.807, 2.05) is 0 Å². The Hall–Kier alpha value is -3.41. The summed E-state index contributed by atoms with van der Waals surface area (Å²) in [6.45, 7) is 1.51. The Kier molecular flexibility index (Phi) is 3.29. The van der Waals surface area contributed by atoms with Crippen molar-refractivity contribution in [2.75, 3.05) is 0 Å². The monoisotopic (exact) mass is 289 g/mol. The van der Waals surface area contributed by atoms with Gasteiger partial charge in [-0.25, -0.2) is 0 Å². The number of aromatic hydroxyl groups is 2. The van der Waals surface area contributed by atoms with Gasteiger partial charge in [0.05, 0.1) is 10.5 Å². The second kappa shape index (κ2) is 4.93. The molecule has 0 saturated carbocycles. The molecule has 0 atom stereocenters. The van der Waals surface area contributed by atoms with Crippen molar-refractivity contribution in [2.24, 2.45) is 0 Å². The third-order valence-corrected chi connectivity index (χ3v) is 2.64. The average Bonchev–Trinajstić information content (AvgIpc) is 2.86. The molecule has 0 amide bonds. The number of ketones is 1. The number of benzene rings is 1. The van der Waals surface area contributed by atoms with Crippen molar-refractivity contribution >= 4 is 11.5 Å². The van der Waals surface area contributed by atoms with Crippen molar-refractivity contribution < 1.29 is 24.5 Å². The van der Waals surface area contributed by atoms with E-state index in [0.29, 0.717) is 5.76 Å². The molecule has 0 fully saturated rings. The highest BCUT2D eigenvalue weighted by Crippen LogP contribution is 2.40. The maximum Gasteiger partial charge on any atom is 0.327 e. The molecule has 1 aromatic heterocycles. The largest absolute Gasteiger partial charge is 0.504 e. The molecule has 0 bridgehead atoms. The molecule has 0 aliphatic heterocycles. The minimum atomic E-state index is -1.09. The number of nitro groups is 1. The third-order valence-electron chi connectivity index (χ3n) is 2.64. The molecule has 9 heteroatoms. The molecule has 106 valence electrons. The molecule has 21 heavy (non-hydrogen) atoms. The van der Waals surface area contributed by atoms with Crippen molar-refractivity contribution in [1.29, 1.82) is 5.26 Å². The second-order valence-corrected chi connectivity index (χ2v) is 4.04. The lowest BCUT2D eigenvalue weighted by Crippen LogP contribution is -2.09. The van der Waals surface area contributed by atoms with Gasteiger partial charge >= 0.3 is 5.69 Å². The topological polar surface area (TPSA) is 150 Å². The summed E-state index contributed by atoms with van der Waals surface area (Å²) < 4.78 is 4.70. The molecule has 1 heterocycles. The van der Waals surface area contributed by atoms with Crippen LogP contribution in [-0.2, 0) is 0 Å². The predicted molar refractivity (Wildman–Crippen MR) is 65.8 cm³/mol. The van der Waals surface area contributed by atoms with E-state index < -0.39 is 39.0 Å². The lowest BCUT2D eigenvalue weighted by molar-refractivity contribution is -0.386. The van der Waals surface area contributed by atoms with Crippen LogP contribution in [0.5, 0.6) is 11.5 Å². The Labute approximate surface area is 116 Å². The van der Waals surface area contributed by atoms with Crippen LogP contribution in [0.2, 0.25) is 0 Å². The van der Waals surface area contributed by atoms with Gasteiger partial charge in [0.15, 0.2) is 11.4 Å². The first kappa shape index (κ1) is 14.0. The van der Waals surface area contributed by atoms with Gasteiger partial charge in [-0.1, -0.05) is 5.16 Å². The lowest BCUT2D eigenvalue weighted by Gasteiger charge is -2.06. The molecule has 0 saturated heterocycles. The molecule has 0 unspecified atom stereocenters. The Morgan fingerprint density at radius 1 is 1.48 bits per heavy atom. The van der Waals surface area contributed by atoms with Crippen molar-refractivity contribution in [3.8, 4) is 17.6 Å². The van der Waals surface area contributed by atoms with Crippen LogP contribution >= 0.6 is 0 Å². The number of rotatable bonds is 3. The molecule has 0 aliphatic carbocycles. The minimum absolute atomic E-state index is 0.253. The molecule has 0 aliphatic rings. The highest BCUT2D eigenvalue weighted by molar-refractivity contribution is 6.12. The number of aryl methyl sites for hydroxylation is 1. The van der Waals surface area contributed by atoms with Crippen LogP contribution < -0.4 is 0 Å². The highest BCUT2D eigenvalue weighted by Gasteiger charge is 2.33. The van der Waals surface area contributed by atoms with Gasteiger partial charge in [0.1, 0.15) is 17.4 Å². The summed E-state index contributed by atoms with van der Waals surface area (Å²) in [5.41, 5.74) is -2.43. The van der Waals surface area contributed by atoms with Gasteiger partial charge < -0.3 is 14.7 Å². The zero-order valence-corrected chi connectivity index (χ0v) is 10.5. The summed E-state index contributed by atoms with van der Waals surface area (Å²) >= 11 is 0. The number of carbonyl (C=O) groups excluding carboxylic acids is 1. The van der Waals surface area contributed by atoms with E-state index >= 15 is 0 Å². The number of phenols is 2. The summed E-state index contributed by atoms with van der Waals surface area (Å²) in [5.74, 6) is -2.64. The number of nitrogens with zero attached hydrogens (tertiary/aromatic N) is 3. The second-order valence-electron chi connectivity index (χ2n) is 4.04. The van der Waals surface area contributed by atoms with Gasteiger partial charge in [-0.05, 0) is 6.92 Å². The smallest absolute Gasteiger partial charge is 0.327 e. The molecule has 9 nitrogen and oxygen atoms in total. The van der Waals surface area contributed by atoms with Crippen molar-refractivity contribution in [3.05, 3.63) is 44.8 Å². The fourth-order valence-corrected chi connectivity index (χ4v) is 1.74. The SMILES string of the molecule is Cc1cc(C(=O)c2c(C#N)cc(O)c(O)c2[N+](=O)[O-])no1. The fourth-order valence-electron chi connectivity index (χ4n) is 1.74. The zero-order chi connectivity index (χ0) is 15.7. The van der Waals surface area contributed by atoms with Gasteiger partial charge in [-0.2, -0.15) is 5.26 Å². The van der Waals surface area contributed by atoms with Crippen molar-refractivity contribution in [1.82, 2.24) is 5.16 Å². The van der Waals surface area contributed by atoms with E-state index in [2.05, 4.69) is 5.16 Å². The van der Waals surface area contributed by atoms with Crippen LogP contribution in [0.1, 0.15) is 27.4 Å². The molecule has 2 N–H and O–H groups in total. The third kappa shape index (κ3) is 2.25. The Bertz CT molecular complexity index is 802. The first-order valence-electron chi connectivity index (χ1n) is 5.48. The molecular formula is C12H7N3O6. The minimum Gasteiger partial charge on any atom is -0.504 e. The van der Waals surface area contributed by atoms with Crippen LogP contribution in [0, 0.1) is 28.4 Å². The Morgan fingerprint density at radius 2 is 2.14 bits per heavy atom. The molecule has 0 radical (unpaired) electrons. The van der Waals surface area contributed by atoms with E-state index in [4.69, 9.17) is 9.78 Å². The van der Waals surface area contributed by atoms with E-state index in [9.17, 15) is 25.1 Å². The maximum atomic E-state index is 12.3. The van der Waals surface area contributed by atoms with Crippen LogP contribution in [-0.4, -0.2) is 26.1 Å². The Morgan fingerprint density at radius 3 is 2.62 bits per heavy atom. The van der Waals surface area contributed by atoms with E-state index in [-0.39, 0.29) is 5.69 Å². The standard InChI is InChI=1S/C12H7N3O6/c1-5-2-7(14-21-5)11(17)9-6(4-13)3-8(16)12(18)10(9)15(19)20/h2-3,16,18H,1H3. The summed E-state index contributed by atoms with van der Waals surface area (Å²) in [7, 11) is 0. The number of hydrogen-bond donors (Lipinski definition) is 2. The molecular weight excluding hydrogens is 282 g/mol. The molecule has 1 aromatic carbocycles. The fraction of sp³-hybridized carbons (Fsp3) is 0.0833. The van der Waals surface area contributed by atoms with Crippen LogP contribution in [0.3, 0.4) is 0 Å². The first-order chi connectivity index (χ1) is 9.86. The van der Waals surface area contributed by atoms with Gasteiger partial charge in [0.25, 0.3) is 0 Å². The van der Waals surface area contributed by atoms with Crippen molar-refractivity contribution in [2.45, 2.75) is 6.92 Å². The molecule has 2 rings (SSSR count). The van der Waals surface area contributed by atoms with Crippen molar-refractivity contribution in [3.63, 3.8) is 0 Å². The van der Waals surface area contributed by atoms with E-state index in [1.165, 1.54) is 13.0 Å². The molecule has 0 spiro atoms. The quantitative estimate of drug-likeness (QED) is 0.372. The average molecular weight is 289 g/mol.